The molecule has 0 fully saturated rings. The van der Waals surface area contributed by atoms with E-state index in [1.807, 2.05) is 25.2 Å². The Bertz CT molecular complexity index is 992. The van der Waals surface area contributed by atoms with E-state index in [0.717, 1.165) is 35.2 Å². The molecule has 0 spiro atoms. The summed E-state index contributed by atoms with van der Waals surface area (Å²) in [5.74, 6) is 1.71. The van der Waals surface area contributed by atoms with Crippen LogP contribution in [0.1, 0.15) is 23.0 Å². The fourth-order valence-corrected chi connectivity index (χ4v) is 3.89. The molecule has 1 aromatic carbocycles. The quantitative estimate of drug-likeness (QED) is 0.491. The maximum absolute atomic E-state index is 11.5. The number of fused-ring (bicyclic) bond motifs is 1. The molecule has 1 aliphatic heterocycles. The molecule has 11 heteroatoms. The van der Waals surface area contributed by atoms with Crippen molar-refractivity contribution in [3.63, 3.8) is 0 Å². The van der Waals surface area contributed by atoms with Crippen LogP contribution in [-0.4, -0.2) is 56.6 Å². The summed E-state index contributed by atoms with van der Waals surface area (Å²) in [6, 6.07) is 5.68. The van der Waals surface area contributed by atoms with Gasteiger partial charge in [0.1, 0.15) is 11.3 Å². The fraction of sp³-hybridized carbons (Fsp3) is 0.368. The number of nitrogens with two attached hydrogens (primary N) is 1. The van der Waals surface area contributed by atoms with Crippen LogP contribution in [0.25, 0.3) is 5.95 Å². The number of carbonyl (C=O) groups is 1. The van der Waals surface area contributed by atoms with Gasteiger partial charge in [-0.15, -0.1) is 0 Å². The minimum atomic E-state index is -0.388. The van der Waals surface area contributed by atoms with Crippen LogP contribution in [0.2, 0.25) is 0 Å². The van der Waals surface area contributed by atoms with Crippen molar-refractivity contribution in [2.75, 3.05) is 26.9 Å². The minimum absolute atomic E-state index is 0.157. The van der Waals surface area contributed by atoms with E-state index < -0.39 is 0 Å². The van der Waals surface area contributed by atoms with Crippen molar-refractivity contribution in [3.05, 3.63) is 47.5 Å². The SMILES string of the molecule is CN(CCNC(CC(N)=O)c1nc(-n2ccnc2)ns1)Cc1ccc2c(c1)OCO2. The van der Waals surface area contributed by atoms with Crippen molar-refractivity contribution in [3.8, 4) is 17.4 Å². The van der Waals surface area contributed by atoms with Gasteiger partial charge in [-0.1, -0.05) is 6.07 Å². The van der Waals surface area contributed by atoms with Crippen LogP contribution in [0.3, 0.4) is 0 Å². The average molecular weight is 430 g/mol. The lowest BCUT2D eigenvalue weighted by atomic mass is 10.2. The largest absolute Gasteiger partial charge is 0.454 e. The van der Waals surface area contributed by atoms with Gasteiger partial charge in [-0.2, -0.15) is 4.37 Å². The second-order valence-electron chi connectivity index (χ2n) is 7.01. The Balaban J connectivity index is 1.32. The normalized spacial score (nSPS) is 13.7. The Morgan fingerprint density at radius 2 is 2.27 bits per heavy atom. The molecule has 0 saturated heterocycles. The van der Waals surface area contributed by atoms with Crippen molar-refractivity contribution >= 4 is 17.4 Å². The highest BCUT2D eigenvalue weighted by Gasteiger charge is 2.20. The molecular formula is C19H23N7O3S. The predicted octanol–water partition coefficient (Wildman–Crippen LogP) is 1.09. The number of nitrogens with one attached hydrogen (secondary N) is 1. The average Bonchev–Trinajstić information content (AvgIpc) is 3.46. The number of likely N-dealkylation sites (N-methyl/N-ethyl adjacent to an activating group) is 1. The highest BCUT2D eigenvalue weighted by atomic mass is 32.1. The van der Waals surface area contributed by atoms with Gasteiger partial charge in [0, 0.05) is 38.4 Å². The summed E-state index contributed by atoms with van der Waals surface area (Å²) in [5, 5.41) is 4.10. The van der Waals surface area contributed by atoms with Crippen molar-refractivity contribution < 1.29 is 14.3 Å². The number of rotatable bonds is 10. The van der Waals surface area contributed by atoms with Crippen molar-refractivity contribution in [1.82, 2.24) is 29.1 Å². The van der Waals surface area contributed by atoms with Gasteiger partial charge in [0.05, 0.1) is 6.04 Å². The summed E-state index contributed by atoms with van der Waals surface area (Å²) >= 11 is 1.25. The summed E-state index contributed by atoms with van der Waals surface area (Å²) in [6.07, 6.45) is 5.22. The first-order chi connectivity index (χ1) is 14.6. The van der Waals surface area contributed by atoms with Crippen LogP contribution >= 0.6 is 11.5 Å². The number of hydrogen-bond acceptors (Lipinski definition) is 9. The number of benzene rings is 1. The van der Waals surface area contributed by atoms with Gasteiger partial charge >= 0.3 is 0 Å². The van der Waals surface area contributed by atoms with E-state index in [-0.39, 0.29) is 25.2 Å². The standard InChI is InChI=1S/C19H23N7O3S/c1-25(10-13-2-3-15-16(8-13)29-12-28-15)6-5-22-14(9-17(20)27)18-23-19(24-30-18)26-7-4-21-11-26/h2-4,7-8,11,14,22H,5-6,9-10,12H2,1H3,(H2,20,27). The van der Waals surface area contributed by atoms with Crippen LogP contribution in [-0.2, 0) is 11.3 Å². The summed E-state index contributed by atoms with van der Waals surface area (Å²) in [5.41, 5.74) is 6.58. The molecular weight excluding hydrogens is 406 g/mol. The first kappa shape index (κ1) is 20.3. The molecule has 1 atom stereocenters. The molecule has 2 aromatic heterocycles. The molecule has 1 unspecified atom stereocenters. The number of amides is 1. The number of hydrogen-bond donors (Lipinski definition) is 2. The van der Waals surface area contributed by atoms with E-state index >= 15 is 0 Å². The third-order valence-corrected chi connectivity index (χ3v) is 5.46. The summed E-state index contributed by atoms with van der Waals surface area (Å²) < 4.78 is 16.8. The topological polar surface area (TPSA) is 120 Å². The number of primary amides is 1. The summed E-state index contributed by atoms with van der Waals surface area (Å²) in [6.45, 7) is 2.48. The lowest BCUT2D eigenvalue weighted by molar-refractivity contribution is -0.118. The zero-order valence-electron chi connectivity index (χ0n) is 16.5. The van der Waals surface area contributed by atoms with Gasteiger partial charge in [-0.25, -0.2) is 9.97 Å². The maximum atomic E-state index is 11.5. The molecule has 3 aromatic rings. The lowest BCUT2D eigenvalue weighted by Gasteiger charge is -2.20. The highest BCUT2D eigenvalue weighted by Crippen LogP contribution is 2.32. The molecule has 158 valence electrons. The zero-order chi connectivity index (χ0) is 20.9. The number of aromatic nitrogens is 4. The minimum Gasteiger partial charge on any atom is -0.454 e. The fourth-order valence-electron chi connectivity index (χ4n) is 3.16. The number of ether oxygens (including phenoxy) is 2. The van der Waals surface area contributed by atoms with Crippen molar-refractivity contribution in [2.24, 2.45) is 5.73 Å². The highest BCUT2D eigenvalue weighted by molar-refractivity contribution is 7.05. The first-order valence-electron chi connectivity index (χ1n) is 9.49. The monoisotopic (exact) mass is 429 g/mol. The lowest BCUT2D eigenvalue weighted by Crippen LogP contribution is -2.33. The van der Waals surface area contributed by atoms with Gasteiger partial charge < -0.3 is 25.4 Å². The second kappa shape index (κ2) is 9.20. The second-order valence-corrected chi connectivity index (χ2v) is 7.79. The van der Waals surface area contributed by atoms with Gasteiger partial charge in [0.25, 0.3) is 0 Å². The van der Waals surface area contributed by atoms with Crippen LogP contribution < -0.4 is 20.5 Å². The third kappa shape index (κ3) is 4.93. The van der Waals surface area contributed by atoms with E-state index in [0.29, 0.717) is 12.5 Å². The molecule has 0 aliphatic carbocycles. The molecule has 4 rings (SSSR count). The van der Waals surface area contributed by atoms with Crippen LogP contribution in [0.4, 0.5) is 0 Å². The van der Waals surface area contributed by atoms with Crippen molar-refractivity contribution in [2.45, 2.75) is 19.0 Å². The van der Waals surface area contributed by atoms with Crippen LogP contribution in [0, 0.1) is 0 Å². The molecule has 3 N–H and O–H groups in total. The molecule has 0 bridgehead atoms. The predicted molar refractivity (Wildman–Crippen MR) is 110 cm³/mol. The zero-order valence-corrected chi connectivity index (χ0v) is 17.3. The van der Waals surface area contributed by atoms with Gasteiger partial charge in [-0.3, -0.25) is 9.36 Å². The van der Waals surface area contributed by atoms with Gasteiger partial charge in [0.2, 0.25) is 18.6 Å². The Morgan fingerprint density at radius 3 is 3.07 bits per heavy atom. The van der Waals surface area contributed by atoms with E-state index in [1.165, 1.54) is 11.5 Å². The van der Waals surface area contributed by atoms with Crippen molar-refractivity contribution in [1.29, 1.82) is 0 Å². The number of carbonyl (C=O) groups excluding carboxylic acids is 1. The van der Waals surface area contributed by atoms with E-state index in [2.05, 4.69) is 24.6 Å². The summed E-state index contributed by atoms with van der Waals surface area (Å²) in [4.78, 5) is 22.3. The Hall–Kier alpha value is -3.02. The van der Waals surface area contributed by atoms with Gasteiger partial charge in [-0.05, 0) is 36.3 Å². The molecule has 0 radical (unpaired) electrons. The van der Waals surface area contributed by atoms with Crippen LogP contribution in [0.15, 0.2) is 36.9 Å². The third-order valence-electron chi connectivity index (χ3n) is 4.64. The number of imidazole rings is 1. The molecule has 3 heterocycles. The molecule has 30 heavy (non-hydrogen) atoms. The molecule has 1 amide bonds. The Morgan fingerprint density at radius 1 is 1.40 bits per heavy atom. The van der Waals surface area contributed by atoms with Gasteiger partial charge in [0.15, 0.2) is 11.5 Å². The first-order valence-corrected chi connectivity index (χ1v) is 10.3. The number of nitrogens with zero attached hydrogens (tertiary/aromatic N) is 5. The molecule has 10 nitrogen and oxygen atoms in total. The van der Waals surface area contributed by atoms with E-state index in [4.69, 9.17) is 15.2 Å². The molecule has 0 saturated carbocycles. The summed E-state index contributed by atoms with van der Waals surface area (Å²) in [7, 11) is 2.04. The maximum Gasteiger partial charge on any atom is 0.246 e. The van der Waals surface area contributed by atoms with E-state index in [9.17, 15) is 4.79 Å². The van der Waals surface area contributed by atoms with Crippen LogP contribution in [0.5, 0.6) is 11.5 Å². The Kier molecular flexibility index (Phi) is 6.21. The Labute approximate surface area is 177 Å². The van der Waals surface area contributed by atoms with E-state index in [1.54, 1.807) is 23.3 Å². The molecule has 1 aliphatic rings. The smallest absolute Gasteiger partial charge is 0.246 e.